The second kappa shape index (κ2) is 18.8. The van der Waals surface area contributed by atoms with Gasteiger partial charge in [-0.2, -0.15) is 0 Å². The quantitative estimate of drug-likeness (QED) is 0.176. The lowest BCUT2D eigenvalue weighted by molar-refractivity contribution is -0.163. The number of ether oxygens (including phenoxy) is 4. The lowest BCUT2D eigenvalue weighted by Crippen LogP contribution is -2.38. The zero-order valence-electron chi connectivity index (χ0n) is 37.3. The fraction of sp³-hybridized carbons (Fsp3) is 0.622. The average Bonchev–Trinajstić information content (AvgIpc) is 3.73. The van der Waals surface area contributed by atoms with Crippen LogP contribution < -0.4 is 10.6 Å². The fourth-order valence-electron chi connectivity index (χ4n) is 7.34. The molecule has 332 valence electrons. The van der Waals surface area contributed by atoms with Crippen LogP contribution in [0.3, 0.4) is 0 Å². The van der Waals surface area contributed by atoms with E-state index in [1.807, 2.05) is 0 Å². The first-order valence-electron chi connectivity index (χ1n) is 20.6. The van der Waals surface area contributed by atoms with Crippen molar-refractivity contribution in [2.75, 3.05) is 36.8 Å². The number of nitrogens with zero attached hydrogens (tertiary/aromatic N) is 2. The summed E-state index contributed by atoms with van der Waals surface area (Å²) in [6.07, 6.45) is 0.183. The van der Waals surface area contributed by atoms with Crippen LogP contribution in [-0.4, -0.2) is 88.5 Å². The number of esters is 2. The van der Waals surface area contributed by atoms with Gasteiger partial charge in [-0.1, -0.05) is 0 Å². The average molecular weight is 843 g/mol. The van der Waals surface area contributed by atoms with Crippen LogP contribution in [0.1, 0.15) is 107 Å². The van der Waals surface area contributed by atoms with Crippen LogP contribution in [0.15, 0.2) is 36.4 Å². The van der Waals surface area contributed by atoms with Gasteiger partial charge in [-0.05, 0) is 168 Å². The Morgan fingerprint density at radius 1 is 0.567 bits per heavy atom. The number of carbonyl (C=O) groups is 5. The van der Waals surface area contributed by atoms with Crippen molar-refractivity contribution in [3.63, 3.8) is 0 Å². The number of halogens is 2. The highest BCUT2D eigenvalue weighted by molar-refractivity contribution is 5.99. The molecule has 2 heterocycles. The molecule has 4 rings (SSSR count). The summed E-state index contributed by atoms with van der Waals surface area (Å²) >= 11 is 0. The van der Waals surface area contributed by atoms with E-state index in [4.69, 9.17) is 18.9 Å². The Morgan fingerprint density at radius 3 is 1.22 bits per heavy atom. The van der Waals surface area contributed by atoms with Crippen LogP contribution in [0.5, 0.6) is 0 Å². The summed E-state index contributed by atoms with van der Waals surface area (Å²) in [5, 5.41) is 5.21. The minimum Gasteiger partial charge on any atom is -0.460 e. The van der Waals surface area contributed by atoms with Crippen molar-refractivity contribution in [3.05, 3.63) is 59.2 Å². The van der Waals surface area contributed by atoms with Crippen LogP contribution in [0.4, 0.5) is 34.5 Å². The van der Waals surface area contributed by atoms with E-state index in [0.29, 0.717) is 37.1 Å². The highest BCUT2D eigenvalue weighted by Crippen LogP contribution is 2.33. The number of amides is 4. The summed E-state index contributed by atoms with van der Waals surface area (Å²) in [4.78, 5) is 69.2. The van der Waals surface area contributed by atoms with Crippen LogP contribution in [0.25, 0.3) is 0 Å². The number of rotatable bonds is 10. The number of benzene rings is 2. The predicted molar refractivity (Wildman–Crippen MR) is 223 cm³/mol. The van der Waals surface area contributed by atoms with Gasteiger partial charge in [-0.3, -0.25) is 9.59 Å². The van der Waals surface area contributed by atoms with Gasteiger partial charge in [0.2, 0.25) is 0 Å². The van der Waals surface area contributed by atoms with E-state index in [2.05, 4.69) is 10.6 Å². The van der Waals surface area contributed by atoms with Crippen LogP contribution in [-0.2, 0) is 41.4 Å². The number of likely N-dealkylation sites (tertiary alicyclic amines) is 2. The second-order valence-electron chi connectivity index (χ2n) is 19.9. The molecule has 13 nitrogen and oxygen atoms in total. The maximum Gasteiger partial charge on any atom is 0.410 e. The van der Waals surface area contributed by atoms with Gasteiger partial charge in [-0.15, -0.1) is 0 Å². The Kier molecular flexibility index (Phi) is 14.9. The summed E-state index contributed by atoms with van der Waals surface area (Å²) in [6, 6.07) is 7.10. The molecule has 0 radical (unpaired) electrons. The van der Waals surface area contributed by atoms with Crippen LogP contribution in [0, 0.1) is 35.3 Å². The standard InChI is InChI=1S/C45H64F2N4O9/c1-42(2,3)57-37(52)35(29-13-15-50(25-29)40(55)59-44(7,8)9)21-27-17-31(46)23-33(19-27)48-39(54)49-34-20-28(18-32(47)24-34)22-36(38(53)58-43(4,5)6)30-14-16-51(26-30)41(56)60-45(10,11)12/h17-20,23-24,29-30,35-36H,13-16,21-22,25-26H2,1-12H3,(H2,48,49,54)/t29-,30-,35-,36-/m0/s1. The molecule has 0 saturated carbocycles. The number of hydrogen-bond acceptors (Lipinski definition) is 9. The molecule has 0 aromatic heterocycles. The van der Waals surface area contributed by atoms with E-state index in [-0.39, 0.29) is 49.1 Å². The highest BCUT2D eigenvalue weighted by Gasteiger charge is 2.41. The Hall–Kier alpha value is -4.95. The third kappa shape index (κ3) is 15.3. The van der Waals surface area contributed by atoms with Gasteiger partial charge >= 0.3 is 30.2 Å². The number of carbonyl (C=O) groups excluding carboxylic acids is 5. The molecule has 0 aliphatic carbocycles. The van der Waals surface area contributed by atoms with Gasteiger partial charge < -0.3 is 39.4 Å². The summed E-state index contributed by atoms with van der Waals surface area (Å²) in [5.41, 5.74) is -1.97. The third-order valence-corrected chi connectivity index (χ3v) is 9.65. The van der Waals surface area contributed by atoms with Gasteiger partial charge in [0, 0.05) is 37.6 Å². The SMILES string of the molecule is CC(C)(C)OC(=O)[C@@H](Cc1cc(F)cc(NC(=O)Nc2cc(F)cc(C[C@H](C(=O)OC(C)(C)C)[C@H]3CCN(C(=O)OC(C)(C)C)C3)c2)c1)[C@H]1CCN(C(=O)OC(C)(C)C)C1. The highest BCUT2D eigenvalue weighted by atomic mass is 19.1. The van der Waals surface area contributed by atoms with Gasteiger partial charge in [0.05, 0.1) is 11.8 Å². The first-order chi connectivity index (χ1) is 27.5. The Bertz CT molecular complexity index is 1760. The minimum absolute atomic E-state index is 0.0679. The number of urea groups is 1. The first kappa shape index (κ1) is 47.7. The first-order valence-corrected chi connectivity index (χ1v) is 20.6. The number of hydrogen-bond donors (Lipinski definition) is 2. The molecule has 0 unspecified atom stereocenters. The Morgan fingerprint density at radius 2 is 0.900 bits per heavy atom. The molecule has 15 heteroatoms. The van der Waals surface area contributed by atoms with Crippen molar-refractivity contribution in [1.82, 2.24) is 9.80 Å². The Balaban J connectivity index is 1.49. The van der Waals surface area contributed by atoms with E-state index in [1.165, 1.54) is 12.1 Å². The molecule has 4 atom stereocenters. The molecule has 0 bridgehead atoms. The molecular weight excluding hydrogens is 779 g/mol. The van der Waals surface area contributed by atoms with E-state index in [9.17, 15) is 24.0 Å². The van der Waals surface area contributed by atoms with Crippen molar-refractivity contribution in [1.29, 1.82) is 0 Å². The number of anilines is 2. The maximum atomic E-state index is 15.1. The second-order valence-corrected chi connectivity index (χ2v) is 19.9. The van der Waals surface area contributed by atoms with Gasteiger partial charge in [0.1, 0.15) is 34.0 Å². The molecule has 4 amide bonds. The Labute approximate surface area is 353 Å². The van der Waals surface area contributed by atoms with Crippen molar-refractivity contribution >= 4 is 41.5 Å². The van der Waals surface area contributed by atoms with E-state index < -0.39 is 76.0 Å². The van der Waals surface area contributed by atoms with Crippen LogP contribution in [0.2, 0.25) is 0 Å². The topological polar surface area (TPSA) is 153 Å². The maximum absolute atomic E-state index is 15.1. The molecule has 2 fully saturated rings. The molecule has 2 aromatic rings. The van der Waals surface area contributed by atoms with Crippen molar-refractivity contribution in [2.24, 2.45) is 23.7 Å². The molecule has 0 spiro atoms. The normalized spacial score (nSPS) is 18.4. The molecule has 2 aromatic carbocycles. The van der Waals surface area contributed by atoms with Gasteiger partial charge in [-0.25, -0.2) is 23.2 Å². The molecule has 2 N–H and O–H groups in total. The van der Waals surface area contributed by atoms with E-state index in [0.717, 1.165) is 12.1 Å². The predicted octanol–water partition coefficient (Wildman–Crippen LogP) is 9.12. The zero-order chi connectivity index (χ0) is 45.0. The monoisotopic (exact) mass is 842 g/mol. The minimum atomic E-state index is -0.793. The lowest BCUT2D eigenvalue weighted by atomic mass is 9.85. The molecule has 2 aliphatic heterocycles. The van der Waals surface area contributed by atoms with Gasteiger partial charge in [0.25, 0.3) is 0 Å². The fourth-order valence-corrected chi connectivity index (χ4v) is 7.34. The van der Waals surface area contributed by atoms with Crippen molar-refractivity contribution in [3.8, 4) is 0 Å². The van der Waals surface area contributed by atoms with Crippen LogP contribution >= 0.6 is 0 Å². The van der Waals surface area contributed by atoms with E-state index >= 15 is 8.78 Å². The summed E-state index contributed by atoms with van der Waals surface area (Å²) in [7, 11) is 0. The largest absolute Gasteiger partial charge is 0.460 e. The molecule has 2 aliphatic rings. The molecular formula is C45H64F2N4O9. The zero-order valence-corrected chi connectivity index (χ0v) is 37.3. The van der Waals surface area contributed by atoms with E-state index in [1.54, 1.807) is 105 Å². The van der Waals surface area contributed by atoms with Gasteiger partial charge in [0.15, 0.2) is 0 Å². The smallest absolute Gasteiger partial charge is 0.410 e. The third-order valence-electron chi connectivity index (χ3n) is 9.65. The number of nitrogens with one attached hydrogen (secondary N) is 2. The molecule has 2 saturated heterocycles. The van der Waals surface area contributed by atoms with Crippen molar-refractivity contribution < 1.29 is 51.7 Å². The summed E-state index contributed by atoms with van der Waals surface area (Å²) < 4.78 is 52.8. The molecule has 60 heavy (non-hydrogen) atoms. The lowest BCUT2D eigenvalue weighted by Gasteiger charge is -2.28. The van der Waals surface area contributed by atoms with Crippen molar-refractivity contribution in [2.45, 2.75) is 131 Å². The summed E-state index contributed by atoms with van der Waals surface area (Å²) in [5.74, 6) is -4.37. The summed E-state index contributed by atoms with van der Waals surface area (Å²) in [6.45, 7) is 22.4.